The van der Waals surface area contributed by atoms with Crippen LogP contribution in [0.5, 0.6) is 0 Å². The fourth-order valence-corrected chi connectivity index (χ4v) is 3.37. The van der Waals surface area contributed by atoms with Crippen molar-refractivity contribution in [2.45, 2.75) is 25.6 Å². The maximum atomic E-state index is 13.0. The summed E-state index contributed by atoms with van der Waals surface area (Å²) in [5.74, 6) is 0.0859. The van der Waals surface area contributed by atoms with E-state index in [9.17, 15) is 9.59 Å². The number of nitrogens with zero attached hydrogens (tertiary/aromatic N) is 2. The summed E-state index contributed by atoms with van der Waals surface area (Å²) in [7, 11) is 0. The third-order valence-electron chi connectivity index (χ3n) is 4.43. The van der Waals surface area contributed by atoms with Crippen LogP contribution in [-0.4, -0.2) is 22.9 Å². The van der Waals surface area contributed by atoms with Crippen LogP contribution in [0.4, 0.5) is 5.69 Å². The molecule has 1 unspecified atom stereocenters. The van der Waals surface area contributed by atoms with Gasteiger partial charge < -0.3 is 4.90 Å². The van der Waals surface area contributed by atoms with Gasteiger partial charge in [-0.1, -0.05) is 36.4 Å². The first-order valence-corrected chi connectivity index (χ1v) is 7.52. The summed E-state index contributed by atoms with van der Waals surface area (Å²) in [6, 6.07) is 17.1. The van der Waals surface area contributed by atoms with Gasteiger partial charge in [-0.2, -0.15) is 0 Å². The highest BCUT2D eigenvalue weighted by Gasteiger charge is 2.42. The number of fused-ring (bicyclic) bond motifs is 2. The van der Waals surface area contributed by atoms with E-state index in [1.54, 1.807) is 4.90 Å². The van der Waals surface area contributed by atoms with E-state index < -0.39 is 0 Å². The fraction of sp³-hybridized carbons (Fsp3) is 0.222. The highest BCUT2D eigenvalue weighted by molar-refractivity contribution is 6.07. The molecule has 0 bridgehead atoms. The van der Waals surface area contributed by atoms with E-state index >= 15 is 0 Å². The van der Waals surface area contributed by atoms with Crippen molar-refractivity contribution in [2.75, 3.05) is 4.90 Å². The molecule has 2 aliphatic rings. The Labute approximate surface area is 129 Å². The Bertz CT molecular complexity index is 742. The van der Waals surface area contributed by atoms with Gasteiger partial charge in [0.2, 0.25) is 5.91 Å². The van der Waals surface area contributed by atoms with Gasteiger partial charge in [0.15, 0.2) is 0 Å². The molecule has 1 atom stereocenters. The summed E-state index contributed by atoms with van der Waals surface area (Å²) < 4.78 is 0. The minimum Gasteiger partial charge on any atom is -0.317 e. The Kier molecular flexibility index (Phi) is 2.96. The smallest absolute Gasteiger partial charge is 0.259 e. The Morgan fingerprint density at radius 1 is 1.00 bits per heavy atom. The van der Waals surface area contributed by atoms with Gasteiger partial charge in [-0.3, -0.25) is 14.5 Å². The number of hydrogen-bond donors (Lipinski definition) is 0. The summed E-state index contributed by atoms with van der Waals surface area (Å²) >= 11 is 0. The molecule has 2 amide bonds. The van der Waals surface area contributed by atoms with Gasteiger partial charge in [-0.25, -0.2) is 0 Å². The maximum absolute atomic E-state index is 13.0. The van der Waals surface area contributed by atoms with Crippen molar-refractivity contribution in [3.63, 3.8) is 0 Å². The summed E-state index contributed by atoms with van der Waals surface area (Å²) in [6.07, 6.45) is 1.05. The minimum atomic E-state index is -0.157. The summed E-state index contributed by atoms with van der Waals surface area (Å²) in [5, 5.41) is 0. The monoisotopic (exact) mass is 292 g/mol. The van der Waals surface area contributed by atoms with Gasteiger partial charge in [0.05, 0.1) is 5.69 Å². The zero-order chi connectivity index (χ0) is 15.1. The van der Waals surface area contributed by atoms with Crippen molar-refractivity contribution >= 4 is 17.5 Å². The largest absolute Gasteiger partial charge is 0.317 e. The van der Waals surface area contributed by atoms with Crippen molar-refractivity contribution in [1.29, 1.82) is 0 Å². The molecule has 1 fully saturated rings. The highest BCUT2D eigenvalue weighted by Crippen LogP contribution is 2.37. The van der Waals surface area contributed by atoms with Crippen molar-refractivity contribution < 1.29 is 9.59 Å². The molecule has 2 aromatic rings. The third kappa shape index (κ3) is 1.91. The molecule has 22 heavy (non-hydrogen) atoms. The van der Waals surface area contributed by atoms with Crippen LogP contribution >= 0.6 is 0 Å². The zero-order valence-corrected chi connectivity index (χ0v) is 12.1. The van der Waals surface area contributed by atoms with Gasteiger partial charge in [0.25, 0.3) is 5.91 Å². The normalized spacial score (nSPS) is 19.8. The molecule has 2 aromatic carbocycles. The van der Waals surface area contributed by atoms with Gasteiger partial charge in [-0.05, 0) is 30.2 Å². The summed E-state index contributed by atoms with van der Waals surface area (Å²) in [5.41, 5.74) is 2.60. The van der Waals surface area contributed by atoms with Crippen molar-refractivity contribution in [3.8, 4) is 0 Å². The summed E-state index contributed by atoms with van der Waals surface area (Å²) in [4.78, 5) is 28.7. The lowest BCUT2D eigenvalue weighted by atomic mass is 10.0. The number of amides is 2. The molecule has 0 radical (unpaired) electrons. The predicted molar refractivity (Wildman–Crippen MR) is 83.3 cm³/mol. The van der Waals surface area contributed by atoms with E-state index in [0.717, 1.165) is 11.3 Å². The van der Waals surface area contributed by atoms with Crippen molar-refractivity contribution in [1.82, 2.24) is 4.90 Å². The molecule has 0 aromatic heterocycles. The standard InChI is InChI=1S/C18H16N2O2/c21-17-11-10-16-19(17)12-14-8-4-5-9-15(14)20(16)18(22)13-6-2-1-3-7-13/h1-9,16H,10-12H2. The van der Waals surface area contributed by atoms with Gasteiger partial charge in [0, 0.05) is 18.5 Å². The van der Waals surface area contributed by atoms with E-state index in [2.05, 4.69) is 0 Å². The second kappa shape index (κ2) is 4.98. The molecule has 1 saturated heterocycles. The number of carbonyl (C=O) groups excluding carboxylic acids is 2. The number of benzene rings is 2. The molecule has 0 spiro atoms. The first-order chi connectivity index (χ1) is 10.8. The summed E-state index contributed by atoms with van der Waals surface area (Å²) in [6.45, 7) is 0.595. The molecule has 4 rings (SSSR count). The molecule has 4 nitrogen and oxygen atoms in total. The second-order valence-corrected chi connectivity index (χ2v) is 5.71. The van der Waals surface area contributed by atoms with Crippen LogP contribution in [0.25, 0.3) is 0 Å². The Hall–Kier alpha value is -2.62. The van der Waals surface area contributed by atoms with E-state index in [1.165, 1.54) is 0 Å². The van der Waals surface area contributed by atoms with Crippen LogP contribution in [0.3, 0.4) is 0 Å². The van der Waals surface area contributed by atoms with Crippen LogP contribution < -0.4 is 4.90 Å². The Morgan fingerprint density at radius 3 is 2.55 bits per heavy atom. The maximum Gasteiger partial charge on any atom is 0.259 e. The van der Waals surface area contributed by atoms with Crippen molar-refractivity contribution in [3.05, 3.63) is 65.7 Å². The first kappa shape index (κ1) is 13.1. The average Bonchev–Trinajstić information content (AvgIpc) is 2.94. The molecule has 0 N–H and O–H groups in total. The molecule has 0 aliphatic carbocycles. The van der Waals surface area contributed by atoms with Gasteiger partial charge in [0.1, 0.15) is 6.17 Å². The number of anilines is 1. The first-order valence-electron chi connectivity index (χ1n) is 7.52. The van der Waals surface area contributed by atoms with Crippen LogP contribution in [0.2, 0.25) is 0 Å². The van der Waals surface area contributed by atoms with Crippen LogP contribution in [0, 0.1) is 0 Å². The number of hydrogen-bond acceptors (Lipinski definition) is 2. The second-order valence-electron chi connectivity index (χ2n) is 5.71. The number of para-hydroxylation sites is 1. The lowest BCUT2D eigenvalue weighted by Crippen LogP contribution is -2.52. The molecule has 0 saturated carbocycles. The van der Waals surface area contributed by atoms with Crippen LogP contribution in [-0.2, 0) is 11.3 Å². The Balaban J connectivity index is 1.82. The lowest BCUT2D eigenvalue weighted by Gasteiger charge is -2.41. The van der Waals surface area contributed by atoms with E-state index in [-0.39, 0.29) is 18.0 Å². The van der Waals surface area contributed by atoms with E-state index in [4.69, 9.17) is 0 Å². The van der Waals surface area contributed by atoms with Gasteiger partial charge >= 0.3 is 0 Å². The number of rotatable bonds is 1. The number of carbonyl (C=O) groups is 2. The fourth-order valence-electron chi connectivity index (χ4n) is 3.37. The van der Waals surface area contributed by atoms with Gasteiger partial charge in [-0.15, -0.1) is 0 Å². The molecular weight excluding hydrogens is 276 g/mol. The topological polar surface area (TPSA) is 40.6 Å². The van der Waals surface area contributed by atoms with Crippen LogP contribution in [0.1, 0.15) is 28.8 Å². The van der Waals surface area contributed by atoms with Crippen LogP contribution in [0.15, 0.2) is 54.6 Å². The quantitative estimate of drug-likeness (QED) is 0.811. The lowest BCUT2D eigenvalue weighted by molar-refractivity contribution is -0.129. The van der Waals surface area contributed by atoms with Crippen molar-refractivity contribution in [2.24, 2.45) is 0 Å². The minimum absolute atomic E-state index is 0.0440. The predicted octanol–water partition coefficient (Wildman–Crippen LogP) is 2.80. The molecular formula is C18H16N2O2. The average molecular weight is 292 g/mol. The molecule has 2 heterocycles. The Morgan fingerprint density at radius 2 is 1.73 bits per heavy atom. The third-order valence-corrected chi connectivity index (χ3v) is 4.43. The molecule has 2 aliphatic heterocycles. The van der Waals surface area contributed by atoms with E-state index in [0.29, 0.717) is 24.9 Å². The zero-order valence-electron chi connectivity index (χ0n) is 12.1. The SMILES string of the molecule is O=C1CCC2N1Cc1ccccc1N2C(=O)c1ccccc1. The highest BCUT2D eigenvalue weighted by atomic mass is 16.2. The molecule has 4 heteroatoms. The van der Waals surface area contributed by atoms with E-state index in [1.807, 2.05) is 59.5 Å². The molecule has 110 valence electrons.